The first-order valence-electron chi connectivity index (χ1n) is 13.6. The van der Waals surface area contributed by atoms with E-state index in [2.05, 4.69) is 20.3 Å². The number of piperidine rings is 1. The average Bonchev–Trinajstić information content (AvgIpc) is 3.42. The van der Waals surface area contributed by atoms with E-state index in [4.69, 9.17) is 42.0 Å². The van der Waals surface area contributed by atoms with Crippen LogP contribution < -0.4 is 4.90 Å². The van der Waals surface area contributed by atoms with E-state index in [-0.39, 0.29) is 35.2 Å². The number of carbonyl (C=O) groups is 1. The van der Waals surface area contributed by atoms with Crippen molar-refractivity contribution < 1.29 is 28.0 Å². The lowest BCUT2D eigenvalue weighted by atomic mass is 10.00. The van der Waals surface area contributed by atoms with Gasteiger partial charge in [-0.15, -0.1) is 5.10 Å². The number of carboxylic acids is 1. The molecule has 1 N–H and O–H groups in total. The molecule has 9 nitrogen and oxygen atoms in total. The number of halogens is 3. The van der Waals surface area contributed by atoms with Crippen molar-refractivity contribution in [2.45, 2.75) is 69.2 Å². The summed E-state index contributed by atoms with van der Waals surface area (Å²) in [7, 11) is 0. The number of aromatic nitrogens is 3. The summed E-state index contributed by atoms with van der Waals surface area (Å²) in [5.41, 5.74) is 2.10. The van der Waals surface area contributed by atoms with Gasteiger partial charge in [0.2, 0.25) is 0 Å². The van der Waals surface area contributed by atoms with Crippen LogP contribution in [-0.4, -0.2) is 44.6 Å². The lowest BCUT2D eigenvalue weighted by Crippen LogP contribution is -2.45. The number of anilines is 1. The highest BCUT2D eigenvalue weighted by Gasteiger charge is 2.44. The first kappa shape index (κ1) is 26.4. The number of ether oxygens (including phenoxy) is 1. The van der Waals surface area contributed by atoms with Gasteiger partial charge in [0, 0.05) is 29.1 Å². The van der Waals surface area contributed by atoms with Crippen molar-refractivity contribution in [2.75, 3.05) is 4.90 Å². The Kier molecular flexibility index (Phi) is 6.72. The summed E-state index contributed by atoms with van der Waals surface area (Å²) in [6.07, 6.45) is 5.55. The first-order valence-corrected chi connectivity index (χ1v) is 14.3. The van der Waals surface area contributed by atoms with Crippen LogP contribution in [0.15, 0.2) is 45.3 Å². The van der Waals surface area contributed by atoms with Gasteiger partial charge in [-0.25, -0.2) is 9.18 Å². The predicted molar refractivity (Wildman–Crippen MR) is 148 cm³/mol. The molecule has 0 radical (unpaired) electrons. The van der Waals surface area contributed by atoms with Crippen LogP contribution in [0.2, 0.25) is 10.0 Å². The third kappa shape index (κ3) is 4.87. The highest BCUT2D eigenvalue weighted by atomic mass is 35.5. The maximum absolute atomic E-state index is 14.6. The van der Waals surface area contributed by atoms with Crippen molar-refractivity contribution in [3.05, 3.63) is 69.1 Å². The number of rotatable bonds is 8. The van der Waals surface area contributed by atoms with Crippen LogP contribution in [0.1, 0.15) is 66.1 Å². The summed E-state index contributed by atoms with van der Waals surface area (Å²) in [5.74, 6) is -0.741. The fourth-order valence-electron chi connectivity index (χ4n) is 6.08. The van der Waals surface area contributed by atoms with Crippen LogP contribution in [0.25, 0.3) is 22.7 Å². The Balaban J connectivity index is 1.07. The molecule has 3 fully saturated rings. The summed E-state index contributed by atoms with van der Waals surface area (Å²) < 4.78 is 32.7. The maximum atomic E-state index is 14.6. The van der Waals surface area contributed by atoms with Crippen molar-refractivity contribution in [3.8, 4) is 22.7 Å². The Labute approximate surface area is 244 Å². The van der Waals surface area contributed by atoms with E-state index in [1.807, 2.05) is 0 Å². The molecule has 3 atom stereocenters. The van der Waals surface area contributed by atoms with E-state index in [0.717, 1.165) is 55.9 Å². The largest absolute Gasteiger partial charge is 0.478 e. The molecule has 2 bridgehead atoms. The van der Waals surface area contributed by atoms with E-state index >= 15 is 0 Å². The minimum atomic E-state index is -1.21. The fraction of sp³-hybridized carbons (Fsp3) is 0.379. The second-order valence-corrected chi connectivity index (χ2v) is 11.6. The molecule has 41 heavy (non-hydrogen) atoms. The lowest BCUT2D eigenvalue weighted by molar-refractivity contribution is 0.0139. The monoisotopic (exact) mass is 598 g/mol. The van der Waals surface area contributed by atoms with Crippen molar-refractivity contribution in [3.63, 3.8) is 0 Å². The van der Waals surface area contributed by atoms with Gasteiger partial charge in [-0.1, -0.05) is 39.5 Å². The Morgan fingerprint density at radius 1 is 1.07 bits per heavy atom. The van der Waals surface area contributed by atoms with Gasteiger partial charge in [-0.05, 0) is 68.9 Å². The number of hydrogen-bond donors (Lipinski definition) is 1. The normalized spacial score (nSPS) is 21.9. The van der Waals surface area contributed by atoms with E-state index in [9.17, 15) is 9.18 Å². The van der Waals surface area contributed by atoms with Crippen molar-refractivity contribution in [2.24, 2.45) is 0 Å². The Hall–Kier alpha value is -3.47. The van der Waals surface area contributed by atoms with E-state index in [0.29, 0.717) is 39.8 Å². The van der Waals surface area contributed by atoms with Gasteiger partial charge in [0.15, 0.2) is 0 Å². The molecule has 2 aromatic carbocycles. The molecule has 2 aliphatic heterocycles. The van der Waals surface area contributed by atoms with Crippen LogP contribution in [-0.2, 0) is 11.3 Å². The molecule has 0 spiro atoms. The van der Waals surface area contributed by atoms with Crippen LogP contribution >= 0.6 is 23.2 Å². The molecular weight excluding hydrogens is 574 g/mol. The minimum absolute atomic E-state index is 0.00340. The summed E-state index contributed by atoms with van der Waals surface area (Å²) in [4.78, 5) is 13.2. The zero-order valence-electron chi connectivity index (χ0n) is 21.7. The molecule has 2 aromatic heterocycles. The number of fused-ring (bicyclic) bond motifs is 2. The van der Waals surface area contributed by atoms with E-state index in [1.165, 1.54) is 12.1 Å². The number of carboxylic acid groups (broad SMARTS) is 1. The van der Waals surface area contributed by atoms with Gasteiger partial charge in [-0.3, -0.25) is 0 Å². The third-order valence-corrected chi connectivity index (χ3v) is 8.83. The molecule has 4 heterocycles. The Morgan fingerprint density at radius 2 is 1.80 bits per heavy atom. The smallest absolute Gasteiger partial charge is 0.335 e. The maximum Gasteiger partial charge on any atom is 0.335 e. The van der Waals surface area contributed by atoms with E-state index in [1.54, 1.807) is 18.2 Å². The standard InChI is InChI=1S/C29H25Cl2FN4O5/c30-21-2-1-3-22(31)24(21)25-20(26(41-35-25)14-4-5-14)13-39-18-11-16-7-8-17(12-18)36(16)29-34-33-27(40-29)19-9-6-15(28(37)38)10-23(19)32/h1-3,6,9-10,14,16-18H,4-5,7-8,11-13H2,(H,37,38)/t16-,17+,18?. The number of aromatic carboxylic acids is 1. The van der Waals surface area contributed by atoms with Gasteiger partial charge >= 0.3 is 12.0 Å². The van der Waals surface area contributed by atoms with Gasteiger partial charge in [0.1, 0.15) is 17.3 Å². The van der Waals surface area contributed by atoms with Crippen LogP contribution in [0.4, 0.5) is 10.4 Å². The summed E-state index contributed by atoms with van der Waals surface area (Å²) in [5, 5.41) is 22.7. The van der Waals surface area contributed by atoms with Crippen molar-refractivity contribution >= 4 is 35.2 Å². The number of nitrogens with zero attached hydrogens (tertiary/aromatic N) is 4. The molecule has 1 saturated carbocycles. The summed E-state index contributed by atoms with van der Waals surface area (Å²) in [6, 6.07) is 9.57. The molecule has 3 aliphatic rings. The van der Waals surface area contributed by atoms with Crippen molar-refractivity contribution in [1.82, 2.24) is 15.4 Å². The highest BCUT2D eigenvalue weighted by molar-refractivity contribution is 6.39. The molecule has 212 valence electrons. The Bertz CT molecular complexity index is 1600. The quantitative estimate of drug-likeness (QED) is 0.226. The van der Waals surface area contributed by atoms with Crippen LogP contribution in [0, 0.1) is 5.82 Å². The van der Waals surface area contributed by atoms with Crippen molar-refractivity contribution in [1.29, 1.82) is 0 Å². The zero-order valence-corrected chi connectivity index (χ0v) is 23.2. The van der Waals surface area contributed by atoms with Gasteiger partial charge in [0.25, 0.3) is 5.89 Å². The molecular formula is C29H25Cl2FN4O5. The van der Waals surface area contributed by atoms with Gasteiger partial charge in [-0.2, -0.15) is 0 Å². The lowest BCUT2D eigenvalue weighted by Gasteiger charge is -2.37. The topological polar surface area (TPSA) is 115 Å². The summed E-state index contributed by atoms with van der Waals surface area (Å²) in [6.45, 7) is 0.340. The van der Waals surface area contributed by atoms with Gasteiger partial charge < -0.3 is 23.7 Å². The minimum Gasteiger partial charge on any atom is -0.478 e. The second kappa shape index (κ2) is 10.4. The van der Waals surface area contributed by atoms with Crippen LogP contribution in [0.5, 0.6) is 0 Å². The first-order chi connectivity index (χ1) is 19.9. The van der Waals surface area contributed by atoms with E-state index < -0.39 is 11.8 Å². The second-order valence-electron chi connectivity index (χ2n) is 10.8. The average molecular weight is 599 g/mol. The highest BCUT2D eigenvalue weighted by Crippen LogP contribution is 2.47. The molecule has 1 unspecified atom stereocenters. The fourth-order valence-corrected chi connectivity index (χ4v) is 6.65. The molecule has 0 amide bonds. The van der Waals surface area contributed by atoms with Crippen LogP contribution in [0.3, 0.4) is 0 Å². The SMILES string of the molecule is O=C(O)c1ccc(-c2nnc(N3[C@@H]4CC[C@H]3CC(OCc3c(-c5c(Cl)cccc5Cl)noc3C3CC3)C4)o2)c(F)c1. The molecule has 4 aromatic rings. The molecule has 12 heteroatoms. The number of hydrogen-bond acceptors (Lipinski definition) is 8. The molecule has 2 saturated heterocycles. The molecule has 1 aliphatic carbocycles. The third-order valence-electron chi connectivity index (χ3n) is 8.20. The van der Waals surface area contributed by atoms with Gasteiger partial charge in [0.05, 0.1) is 33.9 Å². The Morgan fingerprint density at radius 3 is 2.46 bits per heavy atom. The molecule has 7 rings (SSSR count). The number of benzene rings is 2. The summed E-state index contributed by atoms with van der Waals surface area (Å²) >= 11 is 13.0. The zero-order chi connectivity index (χ0) is 28.2. The predicted octanol–water partition coefficient (Wildman–Crippen LogP) is 7.13.